The van der Waals surface area contributed by atoms with Gasteiger partial charge in [0.1, 0.15) is 0 Å². The third-order valence-electron chi connectivity index (χ3n) is 4.47. The highest BCUT2D eigenvalue weighted by Gasteiger charge is 2.09. The minimum absolute atomic E-state index is 0.0475. The van der Waals surface area contributed by atoms with E-state index in [-0.39, 0.29) is 11.3 Å². The first-order valence-corrected chi connectivity index (χ1v) is 12.8. The van der Waals surface area contributed by atoms with Gasteiger partial charge in [0.25, 0.3) is 0 Å². The van der Waals surface area contributed by atoms with E-state index in [1.165, 1.54) is 0 Å². The third kappa shape index (κ3) is 31.1. The number of hydrogen-bond acceptors (Lipinski definition) is 9. The van der Waals surface area contributed by atoms with Crippen LogP contribution in [-0.4, -0.2) is 118 Å². The van der Waals surface area contributed by atoms with Crippen molar-refractivity contribution < 1.29 is 42.7 Å². The Morgan fingerprint density at radius 3 is 1.34 bits per heavy atom. The fourth-order valence-corrected chi connectivity index (χ4v) is 2.46. The highest BCUT2D eigenvalue weighted by molar-refractivity contribution is 5.75. The molecular weight excluding hydrogens is 458 g/mol. The molecule has 0 aliphatic heterocycles. The predicted molar refractivity (Wildman–Crippen MR) is 134 cm³/mol. The molecule has 0 rings (SSSR count). The molecule has 1 N–H and O–H groups in total. The topological polar surface area (TPSA) is 103 Å². The Kier molecular flexibility index (Phi) is 25.6. The van der Waals surface area contributed by atoms with E-state index < -0.39 is 0 Å². The number of carbonyl (C=O) groups excluding carboxylic acids is 1. The maximum Gasteiger partial charge on any atom is 0.222 e. The summed E-state index contributed by atoms with van der Waals surface area (Å²) in [4.78, 5) is 11.7. The number of ether oxygens (including phenoxy) is 8. The van der Waals surface area contributed by atoms with E-state index in [1.54, 1.807) is 0 Å². The molecular formula is C25H51NO9. The van der Waals surface area contributed by atoms with Crippen LogP contribution in [0, 0.1) is 5.41 Å². The highest BCUT2D eigenvalue weighted by atomic mass is 16.6. The van der Waals surface area contributed by atoms with Gasteiger partial charge in [-0.15, -0.1) is 0 Å². The molecule has 0 unspecified atom stereocenters. The van der Waals surface area contributed by atoms with Gasteiger partial charge in [-0.3, -0.25) is 4.79 Å². The maximum atomic E-state index is 11.7. The van der Waals surface area contributed by atoms with E-state index in [9.17, 15) is 4.79 Å². The molecule has 0 saturated heterocycles. The SMILES string of the molecule is CCOCCOCCOCCOCCOCCOCCNC(=O)CCOCCOCCC(C)(C)C. The van der Waals surface area contributed by atoms with Crippen LogP contribution in [0.2, 0.25) is 0 Å². The lowest BCUT2D eigenvalue weighted by Crippen LogP contribution is -2.28. The summed E-state index contributed by atoms with van der Waals surface area (Å²) in [5.41, 5.74) is 0.279. The van der Waals surface area contributed by atoms with Crippen LogP contribution in [0.15, 0.2) is 0 Å². The summed E-state index contributed by atoms with van der Waals surface area (Å²) in [6, 6.07) is 0. The molecule has 0 aromatic rings. The second-order valence-corrected chi connectivity index (χ2v) is 8.89. The Morgan fingerprint density at radius 2 is 0.914 bits per heavy atom. The van der Waals surface area contributed by atoms with Crippen molar-refractivity contribution in [2.24, 2.45) is 5.41 Å². The molecule has 0 fully saturated rings. The van der Waals surface area contributed by atoms with Gasteiger partial charge in [-0.25, -0.2) is 0 Å². The van der Waals surface area contributed by atoms with E-state index in [0.29, 0.717) is 112 Å². The summed E-state index contributed by atoms with van der Waals surface area (Å²) in [5, 5.41) is 2.80. The van der Waals surface area contributed by atoms with Crippen molar-refractivity contribution in [1.82, 2.24) is 5.32 Å². The van der Waals surface area contributed by atoms with Gasteiger partial charge in [0.2, 0.25) is 5.91 Å². The molecule has 10 heteroatoms. The largest absolute Gasteiger partial charge is 0.379 e. The molecule has 1 amide bonds. The molecule has 10 nitrogen and oxygen atoms in total. The second-order valence-electron chi connectivity index (χ2n) is 8.89. The summed E-state index contributed by atoms with van der Waals surface area (Å²) in [7, 11) is 0. The normalized spacial score (nSPS) is 11.8. The fourth-order valence-electron chi connectivity index (χ4n) is 2.46. The smallest absolute Gasteiger partial charge is 0.222 e. The molecule has 0 bridgehead atoms. The van der Waals surface area contributed by atoms with E-state index in [0.717, 1.165) is 13.0 Å². The molecule has 0 radical (unpaired) electrons. The standard InChI is InChI=1S/C25H51NO9/c1-5-28-12-13-32-18-19-34-22-23-35-21-20-33-17-16-31-11-8-26-24(27)6-9-29-14-15-30-10-7-25(2,3)4/h5-23H2,1-4H3,(H,26,27). The molecule has 0 atom stereocenters. The molecule has 0 aliphatic rings. The van der Waals surface area contributed by atoms with Gasteiger partial charge in [-0.05, 0) is 18.8 Å². The van der Waals surface area contributed by atoms with Crippen molar-refractivity contribution in [2.45, 2.75) is 40.5 Å². The van der Waals surface area contributed by atoms with Crippen molar-refractivity contribution in [3.05, 3.63) is 0 Å². The lowest BCUT2D eigenvalue weighted by molar-refractivity contribution is -0.122. The first kappa shape index (κ1) is 34.1. The quantitative estimate of drug-likeness (QED) is 0.167. The van der Waals surface area contributed by atoms with Crippen LogP contribution in [0.3, 0.4) is 0 Å². The van der Waals surface area contributed by atoms with Crippen molar-refractivity contribution >= 4 is 5.91 Å². The summed E-state index contributed by atoms with van der Waals surface area (Å²) in [6.45, 7) is 17.7. The van der Waals surface area contributed by atoms with Crippen LogP contribution in [0.4, 0.5) is 0 Å². The van der Waals surface area contributed by atoms with Gasteiger partial charge in [0, 0.05) is 26.2 Å². The van der Waals surface area contributed by atoms with Crippen LogP contribution in [0.5, 0.6) is 0 Å². The third-order valence-corrected chi connectivity index (χ3v) is 4.47. The zero-order chi connectivity index (χ0) is 25.9. The zero-order valence-corrected chi connectivity index (χ0v) is 22.6. The first-order valence-electron chi connectivity index (χ1n) is 12.8. The maximum absolute atomic E-state index is 11.7. The lowest BCUT2D eigenvalue weighted by atomic mass is 9.93. The Hall–Kier alpha value is -0.850. The van der Waals surface area contributed by atoms with Crippen LogP contribution < -0.4 is 5.32 Å². The van der Waals surface area contributed by atoms with Gasteiger partial charge in [0.15, 0.2) is 0 Å². The Bertz CT molecular complexity index is 447. The first-order chi connectivity index (χ1) is 17.0. The Labute approximate surface area is 212 Å². The van der Waals surface area contributed by atoms with Crippen molar-refractivity contribution in [2.75, 3.05) is 112 Å². The van der Waals surface area contributed by atoms with Gasteiger partial charge in [-0.1, -0.05) is 20.8 Å². The zero-order valence-electron chi connectivity index (χ0n) is 22.6. The van der Waals surface area contributed by atoms with Gasteiger partial charge >= 0.3 is 0 Å². The summed E-state index contributed by atoms with van der Waals surface area (Å²) < 4.78 is 43.1. The van der Waals surface area contributed by atoms with Crippen molar-refractivity contribution in [3.8, 4) is 0 Å². The minimum atomic E-state index is -0.0475. The van der Waals surface area contributed by atoms with Gasteiger partial charge in [-0.2, -0.15) is 0 Å². The van der Waals surface area contributed by atoms with Crippen LogP contribution in [0.25, 0.3) is 0 Å². The number of hydrogen-bond donors (Lipinski definition) is 1. The molecule has 0 heterocycles. The molecule has 0 saturated carbocycles. The summed E-state index contributed by atoms with van der Waals surface area (Å²) in [5.74, 6) is -0.0475. The van der Waals surface area contributed by atoms with E-state index in [1.807, 2.05) is 6.92 Å². The lowest BCUT2D eigenvalue weighted by Gasteiger charge is -2.17. The Balaban J connectivity index is 3.16. The van der Waals surface area contributed by atoms with Crippen molar-refractivity contribution in [1.29, 1.82) is 0 Å². The molecule has 35 heavy (non-hydrogen) atoms. The molecule has 0 aromatic carbocycles. The predicted octanol–water partition coefficient (Wildman–Crippen LogP) is 2.08. The second kappa shape index (κ2) is 26.2. The van der Waals surface area contributed by atoms with E-state index >= 15 is 0 Å². The average molecular weight is 510 g/mol. The van der Waals surface area contributed by atoms with E-state index in [2.05, 4.69) is 26.1 Å². The molecule has 0 spiro atoms. The van der Waals surface area contributed by atoms with Gasteiger partial charge in [0.05, 0.1) is 92.5 Å². The van der Waals surface area contributed by atoms with Crippen LogP contribution in [-0.2, 0) is 42.7 Å². The minimum Gasteiger partial charge on any atom is -0.379 e. The molecule has 0 aromatic heterocycles. The van der Waals surface area contributed by atoms with E-state index in [4.69, 9.17) is 37.9 Å². The Morgan fingerprint density at radius 1 is 0.543 bits per heavy atom. The molecule has 0 aliphatic carbocycles. The van der Waals surface area contributed by atoms with Gasteiger partial charge < -0.3 is 43.2 Å². The summed E-state index contributed by atoms with van der Waals surface area (Å²) in [6.07, 6.45) is 1.35. The number of carbonyl (C=O) groups is 1. The van der Waals surface area contributed by atoms with Crippen LogP contribution in [0.1, 0.15) is 40.5 Å². The highest BCUT2D eigenvalue weighted by Crippen LogP contribution is 2.17. The number of amides is 1. The number of nitrogens with one attached hydrogen (secondary N) is 1. The molecule has 210 valence electrons. The van der Waals surface area contributed by atoms with Crippen molar-refractivity contribution in [3.63, 3.8) is 0 Å². The van der Waals surface area contributed by atoms with Crippen LogP contribution >= 0.6 is 0 Å². The average Bonchev–Trinajstić information content (AvgIpc) is 2.81. The monoisotopic (exact) mass is 509 g/mol. The summed E-state index contributed by atoms with van der Waals surface area (Å²) >= 11 is 0. The number of rotatable bonds is 27. The fraction of sp³-hybridized carbons (Fsp3) is 0.960.